The van der Waals surface area contributed by atoms with Crippen molar-refractivity contribution in [2.45, 2.75) is 39.0 Å². The second kappa shape index (κ2) is 4.09. The van der Waals surface area contributed by atoms with Crippen molar-refractivity contribution in [1.82, 2.24) is 0 Å². The first kappa shape index (κ1) is 10.5. The fraction of sp³-hybridized carbons (Fsp3) is 0.900. The first-order valence-corrected chi connectivity index (χ1v) is 5.00. The van der Waals surface area contributed by atoms with Crippen molar-refractivity contribution in [3.63, 3.8) is 0 Å². The number of nitrogens with two attached hydrogens (primary N) is 1. The van der Waals surface area contributed by atoms with E-state index in [-0.39, 0.29) is 11.8 Å². The Morgan fingerprint density at radius 1 is 1.69 bits per heavy atom. The molecule has 1 aliphatic carbocycles. The van der Waals surface area contributed by atoms with Gasteiger partial charge in [0.25, 0.3) is 0 Å². The van der Waals surface area contributed by atoms with E-state index in [1.54, 1.807) is 0 Å². The third-order valence-corrected chi connectivity index (χ3v) is 3.14. The molecular formula is C10H19NO2. The van der Waals surface area contributed by atoms with Gasteiger partial charge >= 0.3 is 5.97 Å². The second-order valence-corrected chi connectivity index (χ2v) is 4.48. The predicted octanol–water partition coefficient (Wildman–Crippen LogP) is 1.62. The zero-order chi connectivity index (χ0) is 9.90. The molecule has 1 saturated carbocycles. The van der Waals surface area contributed by atoms with E-state index in [2.05, 4.69) is 6.92 Å². The van der Waals surface area contributed by atoms with Crippen molar-refractivity contribution >= 4 is 5.97 Å². The topological polar surface area (TPSA) is 63.3 Å². The molecular weight excluding hydrogens is 166 g/mol. The lowest BCUT2D eigenvalue weighted by Gasteiger charge is -2.38. The molecule has 0 aliphatic heterocycles. The van der Waals surface area contributed by atoms with Crippen molar-refractivity contribution in [3.8, 4) is 0 Å². The highest BCUT2D eigenvalue weighted by Gasteiger charge is 2.35. The van der Waals surface area contributed by atoms with E-state index in [1.165, 1.54) is 6.42 Å². The summed E-state index contributed by atoms with van der Waals surface area (Å²) in [5, 5.41) is 8.79. The first-order valence-electron chi connectivity index (χ1n) is 5.00. The number of hydrogen-bond donors (Lipinski definition) is 2. The maximum atomic E-state index is 10.7. The van der Waals surface area contributed by atoms with Crippen LogP contribution in [0.25, 0.3) is 0 Å². The van der Waals surface area contributed by atoms with E-state index in [4.69, 9.17) is 10.8 Å². The number of carboxylic acids is 1. The van der Waals surface area contributed by atoms with Crippen LogP contribution in [0.15, 0.2) is 0 Å². The van der Waals surface area contributed by atoms with Crippen molar-refractivity contribution in [2.24, 2.45) is 17.1 Å². The van der Waals surface area contributed by atoms with Crippen LogP contribution in [-0.2, 0) is 4.79 Å². The van der Waals surface area contributed by atoms with Gasteiger partial charge < -0.3 is 10.8 Å². The molecule has 13 heavy (non-hydrogen) atoms. The zero-order valence-electron chi connectivity index (χ0n) is 8.25. The fourth-order valence-corrected chi connectivity index (χ4v) is 2.51. The van der Waals surface area contributed by atoms with Crippen LogP contribution in [0.2, 0.25) is 0 Å². The molecule has 0 unspecified atom stereocenters. The normalized spacial score (nSPS) is 34.5. The number of carbonyl (C=O) groups is 1. The largest absolute Gasteiger partial charge is 0.481 e. The van der Waals surface area contributed by atoms with Crippen LogP contribution in [0.5, 0.6) is 0 Å². The van der Waals surface area contributed by atoms with Crippen molar-refractivity contribution in [1.29, 1.82) is 0 Å². The lowest BCUT2D eigenvalue weighted by molar-refractivity contribution is -0.140. The van der Waals surface area contributed by atoms with Crippen molar-refractivity contribution < 1.29 is 9.90 Å². The summed E-state index contributed by atoms with van der Waals surface area (Å²) < 4.78 is 0. The molecule has 0 amide bonds. The molecule has 0 heterocycles. The molecule has 3 nitrogen and oxygen atoms in total. The van der Waals surface area contributed by atoms with E-state index in [1.807, 2.05) is 0 Å². The summed E-state index contributed by atoms with van der Waals surface area (Å²) in [6, 6.07) is 0. The summed E-state index contributed by atoms with van der Waals surface area (Å²) in [7, 11) is 0. The fourth-order valence-electron chi connectivity index (χ4n) is 2.51. The lowest BCUT2D eigenvalue weighted by atomic mass is 9.68. The van der Waals surface area contributed by atoms with Gasteiger partial charge in [-0.05, 0) is 30.7 Å². The Kier molecular flexibility index (Phi) is 3.31. The third kappa shape index (κ3) is 2.69. The molecule has 1 rings (SSSR count). The zero-order valence-corrected chi connectivity index (χ0v) is 8.25. The Balaban J connectivity index is 2.61. The number of rotatable bonds is 3. The van der Waals surface area contributed by atoms with Gasteiger partial charge in [0.2, 0.25) is 0 Å². The Labute approximate surface area is 79.3 Å². The van der Waals surface area contributed by atoms with E-state index < -0.39 is 5.97 Å². The molecule has 2 atom stereocenters. The average molecular weight is 185 g/mol. The first-order chi connectivity index (χ1) is 6.08. The standard InChI is InChI=1S/C10H19NO2/c1-8-3-2-4-10(5-8,7-11)6-9(12)13/h8H,2-7,11H2,1H3,(H,12,13)/t8-,10-/m0/s1. The monoisotopic (exact) mass is 185 g/mol. The predicted molar refractivity (Wildman–Crippen MR) is 51.4 cm³/mol. The molecule has 1 fully saturated rings. The van der Waals surface area contributed by atoms with Gasteiger partial charge in [-0.1, -0.05) is 19.8 Å². The number of aliphatic carboxylic acids is 1. The van der Waals surface area contributed by atoms with Gasteiger partial charge in [-0.25, -0.2) is 0 Å². The van der Waals surface area contributed by atoms with E-state index in [9.17, 15) is 4.79 Å². The molecule has 0 saturated heterocycles. The van der Waals surface area contributed by atoms with Crippen LogP contribution in [0, 0.1) is 11.3 Å². The van der Waals surface area contributed by atoms with E-state index in [0.29, 0.717) is 12.5 Å². The minimum Gasteiger partial charge on any atom is -0.481 e. The number of hydrogen-bond acceptors (Lipinski definition) is 2. The molecule has 3 N–H and O–H groups in total. The number of carboxylic acid groups (broad SMARTS) is 1. The molecule has 3 heteroatoms. The molecule has 0 bridgehead atoms. The summed E-state index contributed by atoms with van der Waals surface area (Å²) in [5.74, 6) is -0.0730. The van der Waals surface area contributed by atoms with Crippen LogP contribution in [0.1, 0.15) is 39.0 Å². The molecule has 0 aromatic heterocycles. The highest BCUT2D eigenvalue weighted by atomic mass is 16.4. The van der Waals surface area contributed by atoms with Crippen LogP contribution in [0.4, 0.5) is 0 Å². The Bertz CT molecular complexity index is 193. The van der Waals surface area contributed by atoms with Crippen LogP contribution in [0.3, 0.4) is 0 Å². The smallest absolute Gasteiger partial charge is 0.303 e. The molecule has 0 spiro atoms. The molecule has 1 aliphatic rings. The summed E-state index contributed by atoms with van der Waals surface area (Å²) >= 11 is 0. The molecule has 0 aromatic rings. The van der Waals surface area contributed by atoms with Crippen LogP contribution in [-0.4, -0.2) is 17.6 Å². The van der Waals surface area contributed by atoms with Gasteiger partial charge in [-0.2, -0.15) is 0 Å². The Morgan fingerprint density at radius 3 is 2.85 bits per heavy atom. The molecule has 0 aromatic carbocycles. The maximum Gasteiger partial charge on any atom is 0.303 e. The van der Waals surface area contributed by atoms with Crippen molar-refractivity contribution in [2.75, 3.05) is 6.54 Å². The third-order valence-electron chi connectivity index (χ3n) is 3.14. The molecule has 0 radical (unpaired) electrons. The van der Waals surface area contributed by atoms with Gasteiger partial charge in [0, 0.05) is 0 Å². The molecule has 76 valence electrons. The quantitative estimate of drug-likeness (QED) is 0.702. The summed E-state index contributed by atoms with van der Waals surface area (Å²) in [4.78, 5) is 10.7. The van der Waals surface area contributed by atoms with Gasteiger partial charge in [0.15, 0.2) is 0 Å². The summed E-state index contributed by atoms with van der Waals surface area (Å²) in [6.45, 7) is 2.70. The Morgan fingerprint density at radius 2 is 2.38 bits per heavy atom. The van der Waals surface area contributed by atoms with Crippen LogP contribution < -0.4 is 5.73 Å². The van der Waals surface area contributed by atoms with Gasteiger partial charge in [-0.3, -0.25) is 4.79 Å². The Hall–Kier alpha value is -0.570. The van der Waals surface area contributed by atoms with Gasteiger partial charge in [-0.15, -0.1) is 0 Å². The second-order valence-electron chi connectivity index (χ2n) is 4.48. The highest BCUT2D eigenvalue weighted by molar-refractivity contribution is 5.67. The van der Waals surface area contributed by atoms with Gasteiger partial charge in [0.1, 0.15) is 0 Å². The van der Waals surface area contributed by atoms with E-state index >= 15 is 0 Å². The average Bonchev–Trinajstić information content (AvgIpc) is 2.03. The maximum absolute atomic E-state index is 10.7. The summed E-state index contributed by atoms with van der Waals surface area (Å²) in [5.41, 5.74) is 5.58. The van der Waals surface area contributed by atoms with E-state index in [0.717, 1.165) is 19.3 Å². The summed E-state index contributed by atoms with van der Waals surface area (Å²) in [6.07, 6.45) is 4.57. The van der Waals surface area contributed by atoms with Crippen LogP contribution >= 0.6 is 0 Å². The SMILES string of the molecule is C[C@H]1CCC[C@@](CN)(CC(=O)O)C1. The minimum absolute atomic E-state index is 0.108. The van der Waals surface area contributed by atoms with Crippen molar-refractivity contribution in [3.05, 3.63) is 0 Å². The minimum atomic E-state index is -0.709. The lowest BCUT2D eigenvalue weighted by Crippen LogP contribution is -2.37. The van der Waals surface area contributed by atoms with Gasteiger partial charge in [0.05, 0.1) is 6.42 Å². The highest BCUT2D eigenvalue weighted by Crippen LogP contribution is 2.41.